The summed E-state index contributed by atoms with van der Waals surface area (Å²) in [5.74, 6) is 0. The van der Waals surface area contributed by atoms with Gasteiger partial charge in [-0.1, -0.05) is 12.1 Å². The molecule has 0 unspecified atom stereocenters. The van der Waals surface area contributed by atoms with Crippen molar-refractivity contribution < 1.29 is 4.74 Å². The van der Waals surface area contributed by atoms with E-state index in [0.717, 1.165) is 26.1 Å². The number of para-hydroxylation sites is 1. The van der Waals surface area contributed by atoms with Gasteiger partial charge in [-0.25, -0.2) is 0 Å². The fourth-order valence-corrected chi connectivity index (χ4v) is 2.27. The second-order valence-corrected chi connectivity index (χ2v) is 4.28. The molecule has 1 fully saturated rings. The summed E-state index contributed by atoms with van der Waals surface area (Å²) in [4.78, 5) is 3.28. The molecule has 0 atom stereocenters. The molecular formula is C13H16N2O. The summed E-state index contributed by atoms with van der Waals surface area (Å²) in [7, 11) is 0. The third-order valence-corrected chi connectivity index (χ3v) is 3.17. The molecule has 3 nitrogen and oxygen atoms in total. The molecule has 2 aromatic rings. The molecular weight excluding hydrogens is 200 g/mol. The van der Waals surface area contributed by atoms with Crippen LogP contribution < -0.4 is 5.32 Å². The molecule has 1 saturated heterocycles. The minimum absolute atomic E-state index is 0.544. The maximum absolute atomic E-state index is 5.36. The van der Waals surface area contributed by atoms with Crippen molar-refractivity contribution in [3.63, 3.8) is 0 Å². The summed E-state index contributed by atoms with van der Waals surface area (Å²) in [5.41, 5.74) is 2.41. The van der Waals surface area contributed by atoms with Gasteiger partial charge in [0.2, 0.25) is 0 Å². The van der Waals surface area contributed by atoms with Gasteiger partial charge in [0.15, 0.2) is 0 Å². The molecule has 0 amide bonds. The van der Waals surface area contributed by atoms with Gasteiger partial charge >= 0.3 is 0 Å². The Hall–Kier alpha value is -1.48. The molecule has 0 bridgehead atoms. The van der Waals surface area contributed by atoms with E-state index in [-0.39, 0.29) is 0 Å². The van der Waals surface area contributed by atoms with Crippen LogP contribution in [0.3, 0.4) is 0 Å². The van der Waals surface area contributed by atoms with E-state index >= 15 is 0 Å². The van der Waals surface area contributed by atoms with Gasteiger partial charge in [0.05, 0.1) is 11.2 Å². The van der Waals surface area contributed by atoms with E-state index in [9.17, 15) is 0 Å². The smallest absolute Gasteiger partial charge is 0.0689 e. The molecule has 2 heterocycles. The van der Waals surface area contributed by atoms with Crippen LogP contribution in [0.5, 0.6) is 0 Å². The number of aromatic amines is 1. The number of nitrogens with one attached hydrogen (secondary N) is 2. The highest BCUT2D eigenvalue weighted by molar-refractivity contribution is 5.90. The zero-order valence-electron chi connectivity index (χ0n) is 9.20. The standard InChI is InChI=1S/C13H16N2O/c1-2-10-4-7-14-13(10)12(3-1)15-11-5-8-16-9-6-11/h1-4,7,11,14-15H,5-6,8-9H2. The number of anilines is 1. The SMILES string of the molecule is c1cc(NC2CCOCC2)c2[nH]ccc2c1. The molecule has 1 aliphatic rings. The Bertz CT molecular complexity index is 471. The number of fused-ring (bicyclic) bond motifs is 1. The lowest BCUT2D eigenvalue weighted by molar-refractivity contribution is 0.0905. The van der Waals surface area contributed by atoms with Gasteiger partial charge in [-0.3, -0.25) is 0 Å². The summed E-state index contributed by atoms with van der Waals surface area (Å²) in [5, 5.41) is 4.86. The van der Waals surface area contributed by atoms with Crippen LogP contribution in [0.15, 0.2) is 30.5 Å². The zero-order valence-corrected chi connectivity index (χ0v) is 9.20. The molecule has 0 radical (unpaired) electrons. The highest BCUT2D eigenvalue weighted by Crippen LogP contribution is 2.23. The third-order valence-electron chi connectivity index (χ3n) is 3.17. The average molecular weight is 216 g/mol. The largest absolute Gasteiger partial charge is 0.381 e. The molecule has 0 spiro atoms. The fourth-order valence-electron chi connectivity index (χ4n) is 2.27. The van der Waals surface area contributed by atoms with E-state index in [1.165, 1.54) is 16.6 Å². The minimum atomic E-state index is 0.544. The Morgan fingerprint density at radius 2 is 2.06 bits per heavy atom. The van der Waals surface area contributed by atoms with Gasteiger partial charge in [-0.2, -0.15) is 0 Å². The van der Waals surface area contributed by atoms with Gasteiger partial charge in [-0.05, 0) is 25.0 Å². The first-order valence-electron chi connectivity index (χ1n) is 5.84. The van der Waals surface area contributed by atoms with Crippen molar-refractivity contribution in [1.82, 2.24) is 4.98 Å². The molecule has 1 aromatic heterocycles. The van der Waals surface area contributed by atoms with E-state index < -0.39 is 0 Å². The molecule has 0 aliphatic carbocycles. The average Bonchev–Trinajstić information content (AvgIpc) is 2.80. The zero-order chi connectivity index (χ0) is 10.8. The fraction of sp³-hybridized carbons (Fsp3) is 0.385. The quantitative estimate of drug-likeness (QED) is 0.810. The van der Waals surface area contributed by atoms with Crippen LogP contribution in [-0.4, -0.2) is 24.2 Å². The first-order valence-corrected chi connectivity index (χ1v) is 5.84. The van der Waals surface area contributed by atoms with Gasteiger partial charge in [0.25, 0.3) is 0 Å². The Morgan fingerprint density at radius 3 is 2.94 bits per heavy atom. The lowest BCUT2D eigenvalue weighted by Crippen LogP contribution is -2.27. The molecule has 0 saturated carbocycles. The maximum Gasteiger partial charge on any atom is 0.0689 e. The van der Waals surface area contributed by atoms with Crippen molar-refractivity contribution in [3.05, 3.63) is 30.5 Å². The predicted molar refractivity (Wildman–Crippen MR) is 65.8 cm³/mol. The number of H-pyrrole nitrogens is 1. The predicted octanol–water partition coefficient (Wildman–Crippen LogP) is 2.76. The van der Waals surface area contributed by atoms with Gasteiger partial charge < -0.3 is 15.0 Å². The number of aromatic nitrogens is 1. The molecule has 3 heteroatoms. The van der Waals surface area contributed by atoms with Gasteiger partial charge in [0.1, 0.15) is 0 Å². The molecule has 2 N–H and O–H groups in total. The van der Waals surface area contributed by atoms with E-state index in [2.05, 4.69) is 34.6 Å². The summed E-state index contributed by atoms with van der Waals surface area (Å²) in [6.07, 6.45) is 4.17. The Morgan fingerprint density at radius 1 is 1.19 bits per heavy atom. The first-order chi connectivity index (χ1) is 7.93. The number of ether oxygens (including phenoxy) is 1. The van der Waals surface area contributed by atoms with Gasteiger partial charge in [0, 0.05) is 30.8 Å². The van der Waals surface area contributed by atoms with Crippen LogP contribution in [-0.2, 0) is 4.74 Å². The Balaban J connectivity index is 1.85. The van der Waals surface area contributed by atoms with Crippen molar-refractivity contribution in [1.29, 1.82) is 0 Å². The van der Waals surface area contributed by atoms with Crippen molar-refractivity contribution in [2.45, 2.75) is 18.9 Å². The van der Waals surface area contributed by atoms with E-state index in [1.54, 1.807) is 0 Å². The van der Waals surface area contributed by atoms with E-state index in [1.807, 2.05) is 6.20 Å². The van der Waals surface area contributed by atoms with E-state index in [0.29, 0.717) is 6.04 Å². The van der Waals surface area contributed by atoms with Crippen LogP contribution in [0.25, 0.3) is 10.9 Å². The second-order valence-electron chi connectivity index (χ2n) is 4.28. The number of hydrogen-bond acceptors (Lipinski definition) is 2. The summed E-state index contributed by atoms with van der Waals surface area (Å²) in [6.45, 7) is 1.75. The van der Waals surface area contributed by atoms with Crippen molar-refractivity contribution in [3.8, 4) is 0 Å². The Labute approximate surface area is 94.8 Å². The lowest BCUT2D eigenvalue weighted by Gasteiger charge is -2.24. The van der Waals surface area contributed by atoms with Crippen LogP contribution in [0.1, 0.15) is 12.8 Å². The minimum Gasteiger partial charge on any atom is -0.381 e. The van der Waals surface area contributed by atoms with E-state index in [4.69, 9.17) is 4.74 Å². The summed E-state index contributed by atoms with van der Waals surface area (Å²) >= 11 is 0. The number of rotatable bonds is 2. The first kappa shape index (κ1) is 9.73. The van der Waals surface area contributed by atoms with Crippen LogP contribution in [0.4, 0.5) is 5.69 Å². The summed E-state index contributed by atoms with van der Waals surface area (Å²) in [6, 6.07) is 9.00. The van der Waals surface area contributed by atoms with Crippen LogP contribution in [0, 0.1) is 0 Å². The third kappa shape index (κ3) is 1.78. The molecule has 1 aromatic carbocycles. The molecule has 16 heavy (non-hydrogen) atoms. The Kier molecular flexibility index (Phi) is 2.54. The monoisotopic (exact) mass is 216 g/mol. The number of hydrogen-bond donors (Lipinski definition) is 2. The highest BCUT2D eigenvalue weighted by Gasteiger charge is 2.14. The van der Waals surface area contributed by atoms with Gasteiger partial charge in [-0.15, -0.1) is 0 Å². The summed E-state index contributed by atoms with van der Waals surface area (Å²) < 4.78 is 5.36. The maximum atomic E-state index is 5.36. The highest BCUT2D eigenvalue weighted by atomic mass is 16.5. The molecule has 84 valence electrons. The molecule has 1 aliphatic heterocycles. The van der Waals surface area contributed by atoms with Crippen molar-refractivity contribution >= 4 is 16.6 Å². The normalized spacial score (nSPS) is 17.8. The van der Waals surface area contributed by atoms with Crippen molar-refractivity contribution in [2.24, 2.45) is 0 Å². The van der Waals surface area contributed by atoms with Crippen LogP contribution in [0.2, 0.25) is 0 Å². The second kappa shape index (κ2) is 4.18. The lowest BCUT2D eigenvalue weighted by atomic mass is 10.1. The molecule has 3 rings (SSSR count). The van der Waals surface area contributed by atoms with Crippen LogP contribution >= 0.6 is 0 Å². The topological polar surface area (TPSA) is 37.0 Å². The van der Waals surface area contributed by atoms with Crippen molar-refractivity contribution in [2.75, 3.05) is 18.5 Å². The number of benzene rings is 1.